The second kappa shape index (κ2) is 7.79. The average Bonchev–Trinajstić information content (AvgIpc) is 2.39. The monoisotopic (exact) mass is 282 g/mol. The van der Waals surface area contributed by atoms with Crippen molar-refractivity contribution >= 4 is 0 Å². The largest absolute Gasteiger partial charge is 0.316 e. The van der Waals surface area contributed by atoms with Crippen molar-refractivity contribution in [1.29, 1.82) is 0 Å². The van der Waals surface area contributed by atoms with E-state index >= 15 is 0 Å². The lowest BCUT2D eigenvalue weighted by atomic mass is 9.69. The smallest absolute Gasteiger partial charge is 0.0147 e. The molecule has 0 radical (unpaired) electrons. The molecule has 0 aromatic rings. The molecule has 1 saturated carbocycles. The highest BCUT2D eigenvalue weighted by atomic mass is 15.2. The van der Waals surface area contributed by atoms with Crippen LogP contribution in [0, 0.1) is 11.3 Å². The molecular formula is C18H38N2. The second-order valence-electron chi connectivity index (χ2n) is 7.90. The third kappa shape index (κ3) is 5.04. The van der Waals surface area contributed by atoms with Gasteiger partial charge in [0.25, 0.3) is 0 Å². The number of hydrogen-bond donors (Lipinski definition) is 1. The standard InChI is InChI=1S/C18H38N2/c1-7-12-19-14-18(11-9-10-16(3)13-18)15-20(6)17(4,5)8-2/h16,19H,7-15H2,1-6H3. The summed E-state index contributed by atoms with van der Waals surface area (Å²) in [6, 6.07) is 0. The van der Waals surface area contributed by atoms with E-state index in [-0.39, 0.29) is 0 Å². The second-order valence-corrected chi connectivity index (χ2v) is 7.90. The van der Waals surface area contributed by atoms with E-state index in [9.17, 15) is 0 Å². The molecule has 1 aliphatic carbocycles. The first-order chi connectivity index (χ1) is 9.35. The van der Waals surface area contributed by atoms with Crippen molar-refractivity contribution in [2.24, 2.45) is 11.3 Å². The third-order valence-electron chi connectivity index (χ3n) is 5.58. The van der Waals surface area contributed by atoms with Gasteiger partial charge in [-0.1, -0.05) is 33.6 Å². The Bertz CT molecular complexity index is 275. The van der Waals surface area contributed by atoms with Crippen LogP contribution >= 0.6 is 0 Å². The van der Waals surface area contributed by atoms with Crippen LogP contribution in [-0.4, -0.2) is 37.1 Å². The van der Waals surface area contributed by atoms with Crippen molar-refractivity contribution in [3.05, 3.63) is 0 Å². The molecule has 2 unspecified atom stereocenters. The van der Waals surface area contributed by atoms with E-state index < -0.39 is 0 Å². The molecule has 120 valence electrons. The van der Waals surface area contributed by atoms with Crippen molar-refractivity contribution in [3.8, 4) is 0 Å². The summed E-state index contributed by atoms with van der Waals surface area (Å²) in [7, 11) is 2.32. The summed E-state index contributed by atoms with van der Waals surface area (Å²) in [5.74, 6) is 0.894. The summed E-state index contributed by atoms with van der Waals surface area (Å²) >= 11 is 0. The van der Waals surface area contributed by atoms with Crippen molar-refractivity contribution in [1.82, 2.24) is 10.2 Å². The Balaban J connectivity index is 2.71. The Morgan fingerprint density at radius 1 is 1.30 bits per heavy atom. The van der Waals surface area contributed by atoms with Gasteiger partial charge in [0.2, 0.25) is 0 Å². The predicted molar refractivity (Wildman–Crippen MR) is 90.2 cm³/mol. The Kier molecular flexibility index (Phi) is 7.00. The van der Waals surface area contributed by atoms with Gasteiger partial charge in [0, 0.05) is 18.6 Å². The van der Waals surface area contributed by atoms with Crippen LogP contribution in [0.5, 0.6) is 0 Å². The Hall–Kier alpha value is -0.0800. The summed E-state index contributed by atoms with van der Waals surface area (Å²) in [5.41, 5.74) is 0.812. The van der Waals surface area contributed by atoms with Crippen LogP contribution in [0.15, 0.2) is 0 Å². The molecule has 0 amide bonds. The van der Waals surface area contributed by atoms with Crippen LogP contribution in [0.25, 0.3) is 0 Å². The molecule has 0 aliphatic heterocycles. The minimum Gasteiger partial charge on any atom is -0.316 e. The van der Waals surface area contributed by atoms with Crippen LogP contribution in [0.2, 0.25) is 0 Å². The van der Waals surface area contributed by atoms with Crippen LogP contribution in [0.1, 0.15) is 73.1 Å². The molecule has 0 aromatic carbocycles. The minimum absolute atomic E-state index is 0.318. The fourth-order valence-corrected chi connectivity index (χ4v) is 3.65. The quantitative estimate of drug-likeness (QED) is 0.668. The zero-order chi connectivity index (χ0) is 15.2. The van der Waals surface area contributed by atoms with E-state index in [1.807, 2.05) is 0 Å². The van der Waals surface area contributed by atoms with Crippen molar-refractivity contribution < 1.29 is 0 Å². The lowest BCUT2D eigenvalue weighted by Gasteiger charge is -2.47. The Morgan fingerprint density at radius 3 is 2.55 bits per heavy atom. The van der Waals surface area contributed by atoms with Crippen LogP contribution in [0.3, 0.4) is 0 Å². The van der Waals surface area contributed by atoms with Gasteiger partial charge in [-0.05, 0) is 64.5 Å². The molecule has 2 nitrogen and oxygen atoms in total. The maximum Gasteiger partial charge on any atom is 0.0147 e. The normalized spacial score (nSPS) is 28.1. The van der Waals surface area contributed by atoms with E-state index in [0.29, 0.717) is 11.0 Å². The topological polar surface area (TPSA) is 15.3 Å². The average molecular weight is 283 g/mol. The predicted octanol–water partition coefficient (Wildman–Crippen LogP) is 4.30. The van der Waals surface area contributed by atoms with Gasteiger partial charge in [0.05, 0.1) is 0 Å². The summed E-state index contributed by atoms with van der Waals surface area (Å²) in [4.78, 5) is 2.61. The van der Waals surface area contributed by atoms with E-state index in [4.69, 9.17) is 0 Å². The number of nitrogens with one attached hydrogen (secondary N) is 1. The van der Waals surface area contributed by atoms with Gasteiger partial charge in [-0.2, -0.15) is 0 Å². The van der Waals surface area contributed by atoms with Gasteiger partial charge in [-0.25, -0.2) is 0 Å². The first-order valence-corrected chi connectivity index (χ1v) is 8.77. The van der Waals surface area contributed by atoms with E-state index in [1.54, 1.807) is 0 Å². The van der Waals surface area contributed by atoms with E-state index in [1.165, 1.54) is 51.6 Å². The minimum atomic E-state index is 0.318. The van der Waals surface area contributed by atoms with E-state index in [0.717, 1.165) is 12.5 Å². The van der Waals surface area contributed by atoms with Crippen molar-refractivity contribution in [3.63, 3.8) is 0 Å². The highest BCUT2D eigenvalue weighted by molar-refractivity contribution is 4.92. The summed E-state index contributed by atoms with van der Waals surface area (Å²) in [6.45, 7) is 15.4. The molecule has 1 N–H and O–H groups in total. The number of rotatable bonds is 8. The molecule has 1 aliphatic rings. The van der Waals surface area contributed by atoms with Crippen molar-refractivity contribution in [2.75, 3.05) is 26.7 Å². The van der Waals surface area contributed by atoms with Gasteiger partial charge in [0.1, 0.15) is 0 Å². The SMILES string of the molecule is CCCNCC1(CN(C)C(C)(C)CC)CCCC(C)C1. The Morgan fingerprint density at radius 2 is 2.00 bits per heavy atom. The van der Waals surface area contributed by atoms with Crippen LogP contribution in [-0.2, 0) is 0 Å². The molecule has 2 heteroatoms. The molecule has 0 bridgehead atoms. The van der Waals surface area contributed by atoms with Gasteiger partial charge >= 0.3 is 0 Å². The zero-order valence-corrected chi connectivity index (χ0v) is 14.9. The number of nitrogens with zero attached hydrogens (tertiary/aromatic N) is 1. The summed E-state index contributed by atoms with van der Waals surface area (Å²) in [5, 5.41) is 3.71. The molecule has 0 spiro atoms. The maximum atomic E-state index is 3.71. The van der Waals surface area contributed by atoms with Crippen LogP contribution in [0.4, 0.5) is 0 Å². The maximum absolute atomic E-state index is 3.71. The highest BCUT2D eigenvalue weighted by Crippen LogP contribution is 2.40. The fraction of sp³-hybridized carbons (Fsp3) is 1.00. The summed E-state index contributed by atoms with van der Waals surface area (Å²) in [6.07, 6.45) is 8.09. The van der Waals surface area contributed by atoms with Gasteiger partial charge in [-0.3, -0.25) is 0 Å². The Labute approximate surface area is 127 Å². The molecule has 0 aromatic heterocycles. The molecule has 1 fully saturated rings. The molecule has 2 atom stereocenters. The third-order valence-corrected chi connectivity index (χ3v) is 5.58. The first kappa shape index (κ1) is 18.0. The van der Waals surface area contributed by atoms with Gasteiger partial charge < -0.3 is 10.2 Å². The fourth-order valence-electron chi connectivity index (χ4n) is 3.65. The first-order valence-electron chi connectivity index (χ1n) is 8.77. The molecule has 0 heterocycles. The lowest BCUT2D eigenvalue weighted by molar-refractivity contribution is 0.0428. The number of hydrogen-bond acceptors (Lipinski definition) is 2. The molecule has 1 rings (SSSR count). The zero-order valence-electron chi connectivity index (χ0n) is 14.9. The van der Waals surface area contributed by atoms with Gasteiger partial charge in [-0.15, -0.1) is 0 Å². The molecule has 0 saturated heterocycles. The van der Waals surface area contributed by atoms with Crippen LogP contribution < -0.4 is 5.32 Å². The summed E-state index contributed by atoms with van der Waals surface area (Å²) < 4.78 is 0. The van der Waals surface area contributed by atoms with Crippen molar-refractivity contribution in [2.45, 2.75) is 78.7 Å². The molecule has 20 heavy (non-hydrogen) atoms. The molecular weight excluding hydrogens is 244 g/mol. The highest BCUT2D eigenvalue weighted by Gasteiger charge is 2.37. The van der Waals surface area contributed by atoms with Gasteiger partial charge in [0.15, 0.2) is 0 Å². The lowest BCUT2D eigenvalue weighted by Crippen LogP contribution is -2.51. The van der Waals surface area contributed by atoms with E-state index in [2.05, 4.69) is 51.9 Å².